The van der Waals surface area contributed by atoms with Gasteiger partial charge in [-0.05, 0) is 25.1 Å². The summed E-state index contributed by atoms with van der Waals surface area (Å²) >= 11 is 0. The third kappa shape index (κ3) is 14.3. The highest BCUT2D eigenvalue weighted by Crippen LogP contribution is 2.00. The molecule has 0 N–H and O–H groups in total. The van der Waals surface area contributed by atoms with Crippen LogP contribution in [-0.2, 0) is 0 Å². The van der Waals surface area contributed by atoms with Crippen LogP contribution < -0.4 is 0 Å². The smallest absolute Gasteiger partial charge is 0.163 e. The fourth-order valence-electron chi connectivity index (χ4n) is 2.37. The zero-order valence-electron chi connectivity index (χ0n) is 16.3. The largest absolute Gasteiger partial charge is 0.377 e. The molecule has 0 aliphatic rings. The van der Waals surface area contributed by atoms with Crippen LogP contribution in [0.3, 0.4) is 0 Å². The number of hydrogen-bond donors (Lipinski definition) is 0. The topological polar surface area (TPSA) is 6.25 Å². The molecule has 0 rings (SSSR count). The Bertz CT molecular complexity index is 311. The molecular weight excluding hydrogens is 280 g/mol. The van der Waals surface area contributed by atoms with Gasteiger partial charge in [0.1, 0.15) is 13.1 Å². The van der Waals surface area contributed by atoms with Crippen molar-refractivity contribution >= 4 is 6.21 Å². The van der Waals surface area contributed by atoms with Crippen molar-refractivity contribution < 1.29 is 4.58 Å². The Kier molecular flexibility index (Phi) is 16.5. The molecule has 0 saturated heterocycles. The van der Waals surface area contributed by atoms with E-state index in [1.165, 1.54) is 77.5 Å². The van der Waals surface area contributed by atoms with Crippen molar-refractivity contribution in [2.75, 3.05) is 26.2 Å². The number of hydrogen-bond acceptors (Lipinski definition) is 1. The minimum Gasteiger partial charge on any atom is -0.377 e. The first-order chi connectivity index (χ1) is 11.3. The number of nitrogens with zero attached hydrogens (tertiary/aromatic N) is 2. The average Bonchev–Trinajstić information content (AvgIpc) is 2.57. The van der Waals surface area contributed by atoms with E-state index >= 15 is 0 Å². The second-order valence-corrected chi connectivity index (χ2v) is 6.36. The molecule has 0 amide bonds. The van der Waals surface area contributed by atoms with E-state index in [1.54, 1.807) is 0 Å². The molecule has 0 unspecified atom stereocenters. The Morgan fingerprint density at radius 3 is 1.65 bits per heavy atom. The lowest BCUT2D eigenvalue weighted by Crippen LogP contribution is -2.19. The highest BCUT2D eigenvalue weighted by atomic mass is 15.1. The minimum absolute atomic E-state index is 1.18. The van der Waals surface area contributed by atoms with Crippen LogP contribution in [0.15, 0.2) is 24.4 Å². The van der Waals surface area contributed by atoms with E-state index in [9.17, 15) is 0 Å². The molecule has 0 fully saturated rings. The molecule has 0 atom stereocenters. The molecule has 2 heteroatoms. The SMILES string of the molecule is CCCCN(/C=C/C=C/C=[N+](CCCC)CCCC)CCCC. The van der Waals surface area contributed by atoms with Gasteiger partial charge in [0.2, 0.25) is 0 Å². The summed E-state index contributed by atoms with van der Waals surface area (Å²) in [6, 6.07) is 0. The summed E-state index contributed by atoms with van der Waals surface area (Å²) in [5.74, 6) is 0. The zero-order chi connectivity index (χ0) is 17.2. The van der Waals surface area contributed by atoms with Crippen LogP contribution in [0.25, 0.3) is 0 Å². The molecule has 0 saturated carbocycles. The van der Waals surface area contributed by atoms with E-state index in [2.05, 4.69) is 67.8 Å². The van der Waals surface area contributed by atoms with Crippen molar-refractivity contribution in [3.05, 3.63) is 24.4 Å². The predicted octanol–water partition coefficient (Wildman–Crippen LogP) is 5.64. The van der Waals surface area contributed by atoms with Crippen LogP contribution in [0.5, 0.6) is 0 Å². The molecule has 0 aliphatic carbocycles. The molecule has 134 valence electrons. The molecule has 23 heavy (non-hydrogen) atoms. The van der Waals surface area contributed by atoms with Gasteiger partial charge in [0.25, 0.3) is 0 Å². The van der Waals surface area contributed by atoms with Crippen molar-refractivity contribution in [2.45, 2.75) is 79.1 Å². The van der Waals surface area contributed by atoms with E-state index in [1.807, 2.05) is 0 Å². The standard InChI is InChI=1S/C21H41N2/c1-5-9-16-22(17-10-6-2)20-14-13-15-21-23(18-11-7-3)19-12-8-4/h13-15,20-21H,5-12,16-19H2,1-4H3/q+1. The van der Waals surface area contributed by atoms with Crippen molar-refractivity contribution in [3.63, 3.8) is 0 Å². The second-order valence-electron chi connectivity index (χ2n) is 6.36. The maximum atomic E-state index is 2.46. The lowest BCUT2D eigenvalue weighted by atomic mass is 10.3. The van der Waals surface area contributed by atoms with Crippen LogP contribution in [0.1, 0.15) is 79.1 Å². The molecule has 0 aromatic carbocycles. The molecule has 0 aliphatic heterocycles. The van der Waals surface area contributed by atoms with Gasteiger partial charge in [-0.25, -0.2) is 4.58 Å². The van der Waals surface area contributed by atoms with E-state index in [-0.39, 0.29) is 0 Å². The Balaban J connectivity index is 4.40. The van der Waals surface area contributed by atoms with Gasteiger partial charge in [-0.3, -0.25) is 0 Å². The van der Waals surface area contributed by atoms with Crippen LogP contribution in [-0.4, -0.2) is 41.9 Å². The minimum atomic E-state index is 1.18. The van der Waals surface area contributed by atoms with Crippen molar-refractivity contribution in [3.8, 4) is 0 Å². The summed E-state index contributed by atoms with van der Waals surface area (Å²) in [5.41, 5.74) is 0. The van der Waals surface area contributed by atoms with Crippen LogP contribution in [0.2, 0.25) is 0 Å². The maximum absolute atomic E-state index is 2.46. The Hall–Kier alpha value is -1.05. The highest BCUT2D eigenvalue weighted by Gasteiger charge is 2.00. The van der Waals surface area contributed by atoms with Gasteiger partial charge in [0, 0.05) is 32.0 Å². The van der Waals surface area contributed by atoms with Gasteiger partial charge in [0.05, 0.1) is 0 Å². The van der Waals surface area contributed by atoms with Crippen molar-refractivity contribution in [2.24, 2.45) is 0 Å². The van der Waals surface area contributed by atoms with E-state index in [0.29, 0.717) is 0 Å². The molecule has 0 bridgehead atoms. The predicted molar refractivity (Wildman–Crippen MR) is 106 cm³/mol. The number of allylic oxidation sites excluding steroid dienone is 3. The Morgan fingerprint density at radius 1 is 0.652 bits per heavy atom. The zero-order valence-corrected chi connectivity index (χ0v) is 16.3. The monoisotopic (exact) mass is 321 g/mol. The normalized spacial score (nSPS) is 11.5. The Labute approximate surface area is 146 Å². The maximum Gasteiger partial charge on any atom is 0.163 e. The van der Waals surface area contributed by atoms with E-state index in [0.717, 1.165) is 0 Å². The average molecular weight is 322 g/mol. The van der Waals surface area contributed by atoms with Crippen LogP contribution in [0.4, 0.5) is 0 Å². The summed E-state index contributed by atoms with van der Waals surface area (Å²) in [6.07, 6.45) is 21.3. The first-order valence-electron chi connectivity index (χ1n) is 9.94. The van der Waals surface area contributed by atoms with Crippen LogP contribution in [0, 0.1) is 0 Å². The van der Waals surface area contributed by atoms with Gasteiger partial charge < -0.3 is 4.90 Å². The first kappa shape index (κ1) is 21.9. The molecule has 0 spiro atoms. The van der Waals surface area contributed by atoms with Crippen molar-refractivity contribution in [1.29, 1.82) is 0 Å². The second kappa shape index (κ2) is 17.3. The van der Waals surface area contributed by atoms with Gasteiger partial charge in [-0.1, -0.05) is 59.5 Å². The summed E-state index contributed by atoms with van der Waals surface area (Å²) in [4.78, 5) is 2.46. The lowest BCUT2D eigenvalue weighted by Gasteiger charge is -2.19. The molecule has 2 nitrogen and oxygen atoms in total. The number of rotatable bonds is 15. The first-order valence-corrected chi connectivity index (χ1v) is 9.94. The molecule has 0 radical (unpaired) electrons. The summed E-state index contributed by atoms with van der Waals surface area (Å²) in [7, 11) is 0. The van der Waals surface area contributed by atoms with Gasteiger partial charge in [-0.15, -0.1) is 0 Å². The summed E-state index contributed by atoms with van der Waals surface area (Å²) in [6.45, 7) is 13.8. The Morgan fingerprint density at radius 2 is 1.17 bits per heavy atom. The van der Waals surface area contributed by atoms with Gasteiger partial charge in [-0.2, -0.15) is 0 Å². The molecule has 0 aromatic heterocycles. The molecule has 0 heterocycles. The molecule has 0 aromatic rings. The van der Waals surface area contributed by atoms with Gasteiger partial charge in [0.15, 0.2) is 6.21 Å². The summed E-state index contributed by atoms with van der Waals surface area (Å²) < 4.78 is 2.46. The summed E-state index contributed by atoms with van der Waals surface area (Å²) in [5, 5.41) is 0. The molecular formula is C21H41N2+. The highest BCUT2D eigenvalue weighted by molar-refractivity contribution is 5.66. The van der Waals surface area contributed by atoms with Crippen molar-refractivity contribution in [1.82, 2.24) is 4.90 Å². The lowest BCUT2D eigenvalue weighted by molar-refractivity contribution is -0.523. The third-order valence-corrected chi connectivity index (χ3v) is 4.01. The van der Waals surface area contributed by atoms with Crippen LogP contribution >= 0.6 is 0 Å². The number of unbranched alkanes of at least 4 members (excludes halogenated alkanes) is 4. The van der Waals surface area contributed by atoms with E-state index < -0.39 is 0 Å². The quantitative estimate of drug-likeness (QED) is 0.215. The third-order valence-electron chi connectivity index (χ3n) is 4.01. The van der Waals surface area contributed by atoms with Gasteiger partial charge >= 0.3 is 0 Å². The fourth-order valence-corrected chi connectivity index (χ4v) is 2.37. The van der Waals surface area contributed by atoms with E-state index in [4.69, 9.17) is 0 Å². The fraction of sp³-hybridized carbons (Fsp3) is 0.762.